The van der Waals surface area contributed by atoms with Gasteiger partial charge in [0.1, 0.15) is 17.1 Å². The fraction of sp³-hybridized carbons (Fsp3) is 0.160. The van der Waals surface area contributed by atoms with E-state index in [0.717, 1.165) is 4.90 Å². The minimum atomic E-state index is -0.347. The number of rotatable bonds is 9. The van der Waals surface area contributed by atoms with Crippen LogP contribution in [-0.2, 0) is 4.79 Å². The summed E-state index contributed by atoms with van der Waals surface area (Å²) in [5.41, 5.74) is 2.15. The standard InChI is InChI=1S/C25H24N2O5S/c1-16(28)17-7-9-18(10-8-17)26-23(29)15-33-20-13-11-19(12-14-20)27-25(30)24-21(31-2)5-4-6-22(24)32-3/h4-14H,15H2,1-3H3,(H,26,29)(H,27,30). The lowest BCUT2D eigenvalue weighted by Crippen LogP contribution is -2.14. The molecule has 170 valence electrons. The van der Waals surface area contributed by atoms with E-state index in [2.05, 4.69) is 10.6 Å². The molecule has 8 heteroatoms. The third-order valence-corrected chi connectivity index (χ3v) is 5.72. The summed E-state index contributed by atoms with van der Waals surface area (Å²) in [5.74, 6) is 0.529. The Kier molecular flexibility index (Phi) is 8.10. The van der Waals surface area contributed by atoms with Crippen molar-refractivity contribution in [2.75, 3.05) is 30.6 Å². The third kappa shape index (κ3) is 6.36. The van der Waals surface area contributed by atoms with Crippen molar-refractivity contribution in [1.29, 1.82) is 0 Å². The van der Waals surface area contributed by atoms with Gasteiger partial charge in [-0.3, -0.25) is 14.4 Å². The zero-order valence-corrected chi connectivity index (χ0v) is 19.3. The van der Waals surface area contributed by atoms with Gasteiger partial charge >= 0.3 is 0 Å². The van der Waals surface area contributed by atoms with Gasteiger partial charge in [-0.1, -0.05) is 6.07 Å². The monoisotopic (exact) mass is 464 g/mol. The average molecular weight is 465 g/mol. The van der Waals surface area contributed by atoms with Gasteiger partial charge in [-0.05, 0) is 67.6 Å². The number of carbonyl (C=O) groups is 3. The van der Waals surface area contributed by atoms with E-state index in [1.54, 1.807) is 54.6 Å². The van der Waals surface area contributed by atoms with Crippen LogP contribution in [0.3, 0.4) is 0 Å². The number of anilines is 2. The first-order valence-corrected chi connectivity index (χ1v) is 11.1. The van der Waals surface area contributed by atoms with Crippen LogP contribution in [0.15, 0.2) is 71.6 Å². The molecule has 2 amide bonds. The summed E-state index contributed by atoms with van der Waals surface area (Å²) < 4.78 is 10.6. The summed E-state index contributed by atoms with van der Waals surface area (Å²) in [4.78, 5) is 37.2. The number of Topliss-reactive ketones (excluding diaryl/α,β-unsaturated/α-hetero) is 1. The van der Waals surface area contributed by atoms with Crippen molar-refractivity contribution in [3.05, 3.63) is 77.9 Å². The molecule has 7 nitrogen and oxygen atoms in total. The van der Waals surface area contributed by atoms with Crippen LogP contribution in [0.2, 0.25) is 0 Å². The van der Waals surface area contributed by atoms with Crippen LogP contribution < -0.4 is 20.1 Å². The highest BCUT2D eigenvalue weighted by Crippen LogP contribution is 2.29. The molecule has 0 aliphatic heterocycles. The van der Waals surface area contributed by atoms with E-state index in [9.17, 15) is 14.4 Å². The smallest absolute Gasteiger partial charge is 0.263 e. The lowest BCUT2D eigenvalue weighted by atomic mass is 10.1. The second kappa shape index (κ2) is 11.2. The molecule has 0 atom stereocenters. The van der Waals surface area contributed by atoms with Gasteiger partial charge in [0.05, 0.1) is 20.0 Å². The zero-order chi connectivity index (χ0) is 23.8. The van der Waals surface area contributed by atoms with Crippen molar-refractivity contribution in [2.24, 2.45) is 0 Å². The normalized spacial score (nSPS) is 10.3. The molecule has 0 fully saturated rings. The molecule has 0 unspecified atom stereocenters. The summed E-state index contributed by atoms with van der Waals surface area (Å²) in [6.07, 6.45) is 0. The number of hydrogen-bond acceptors (Lipinski definition) is 6. The van der Waals surface area contributed by atoms with Crippen molar-refractivity contribution < 1.29 is 23.9 Å². The van der Waals surface area contributed by atoms with Crippen molar-refractivity contribution in [1.82, 2.24) is 0 Å². The highest BCUT2D eigenvalue weighted by atomic mass is 32.2. The molecule has 0 saturated carbocycles. The van der Waals surface area contributed by atoms with Crippen LogP contribution in [0.4, 0.5) is 11.4 Å². The first kappa shape index (κ1) is 23.9. The molecule has 33 heavy (non-hydrogen) atoms. The maximum absolute atomic E-state index is 12.8. The number of carbonyl (C=O) groups excluding carboxylic acids is 3. The van der Waals surface area contributed by atoms with E-state index in [1.807, 2.05) is 12.1 Å². The molecule has 0 aliphatic carbocycles. The van der Waals surface area contributed by atoms with Gasteiger partial charge in [0.15, 0.2) is 5.78 Å². The fourth-order valence-electron chi connectivity index (χ4n) is 3.04. The molecule has 2 N–H and O–H groups in total. The van der Waals surface area contributed by atoms with Crippen LogP contribution >= 0.6 is 11.8 Å². The van der Waals surface area contributed by atoms with Crippen molar-refractivity contribution in [3.63, 3.8) is 0 Å². The Morgan fingerprint density at radius 3 is 1.88 bits per heavy atom. The first-order valence-electron chi connectivity index (χ1n) is 10.1. The lowest BCUT2D eigenvalue weighted by molar-refractivity contribution is -0.113. The largest absolute Gasteiger partial charge is 0.496 e. The predicted molar refractivity (Wildman–Crippen MR) is 130 cm³/mol. The van der Waals surface area contributed by atoms with Gasteiger partial charge in [0.2, 0.25) is 5.91 Å². The summed E-state index contributed by atoms with van der Waals surface area (Å²) in [7, 11) is 2.99. The van der Waals surface area contributed by atoms with E-state index < -0.39 is 0 Å². The van der Waals surface area contributed by atoms with Gasteiger partial charge in [-0.15, -0.1) is 11.8 Å². The number of thioether (sulfide) groups is 1. The van der Waals surface area contributed by atoms with E-state index in [-0.39, 0.29) is 23.4 Å². The number of nitrogens with one attached hydrogen (secondary N) is 2. The number of amides is 2. The Labute approximate surface area is 196 Å². The Hall–Kier alpha value is -3.78. The van der Waals surface area contributed by atoms with Crippen LogP contribution in [0.1, 0.15) is 27.6 Å². The second-order valence-electron chi connectivity index (χ2n) is 6.99. The van der Waals surface area contributed by atoms with Crippen molar-refractivity contribution in [2.45, 2.75) is 11.8 Å². The molecule has 3 aromatic carbocycles. The maximum Gasteiger partial charge on any atom is 0.263 e. The van der Waals surface area contributed by atoms with E-state index in [1.165, 1.54) is 32.9 Å². The molecule has 0 aromatic heterocycles. The lowest BCUT2D eigenvalue weighted by Gasteiger charge is -2.13. The van der Waals surface area contributed by atoms with Crippen LogP contribution in [0.5, 0.6) is 11.5 Å². The van der Waals surface area contributed by atoms with E-state index in [0.29, 0.717) is 34.0 Å². The number of ketones is 1. The summed E-state index contributed by atoms with van der Waals surface area (Å²) in [6.45, 7) is 1.50. The molecule has 3 aromatic rings. The predicted octanol–water partition coefficient (Wildman–Crippen LogP) is 4.89. The molecular weight excluding hydrogens is 440 g/mol. The fourth-order valence-corrected chi connectivity index (χ4v) is 3.74. The summed E-state index contributed by atoms with van der Waals surface area (Å²) >= 11 is 1.37. The number of benzene rings is 3. The molecule has 0 saturated heterocycles. The highest BCUT2D eigenvalue weighted by Gasteiger charge is 2.18. The summed E-state index contributed by atoms with van der Waals surface area (Å²) in [5, 5.41) is 5.64. The first-order chi connectivity index (χ1) is 15.9. The maximum atomic E-state index is 12.8. The second-order valence-corrected chi connectivity index (χ2v) is 8.04. The van der Waals surface area contributed by atoms with Crippen molar-refractivity contribution >= 4 is 40.7 Å². The van der Waals surface area contributed by atoms with Crippen LogP contribution in [0, 0.1) is 0 Å². The molecule has 0 radical (unpaired) electrons. The summed E-state index contributed by atoms with van der Waals surface area (Å²) in [6, 6.07) is 19.1. The topological polar surface area (TPSA) is 93.7 Å². The van der Waals surface area contributed by atoms with Gasteiger partial charge < -0.3 is 20.1 Å². The Morgan fingerprint density at radius 1 is 0.788 bits per heavy atom. The molecule has 3 rings (SSSR count). The third-order valence-electron chi connectivity index (χ3n) is 4.71. The van der Waals surface area contributed by atoms with Crippen molar-refractivity contribution in [3.8, 4) is 11.5 Å². The molecule has 0 spiro atoms. The zero-order valence-electron chi connectivity index (χ0n) is 18.5. The minimum Gasteiger partial charge on any atom is -0.496 e. The van der Waals surface area contributed by atoms with Crippen LogP contribution in [0.25, 0.3) is 0 Å². The molecule has 0 aliphatic rings. The van der Waals surface area contributed by atoms with Crippen LogP contribution in [-0.4, -0.2) is 37.6 Å². The minimum absolute atomic E-state index is 0.0230. The average Bonchev–Trinajstić information content (AvgIpc) is 2.83. The quantitative estimate of drug-likeness (QED) is 0.346. The number of hydrogen-bond donors (Lipinski definition) is 2. The van der Waals surface area contributed by atoms with Gasteiger partial charge in [0, 0.05) is 21.8 Å². The number of methoxy groups -OCH3 is 2. The van der Waals surface area contributed by atoms with E-state index in [4.69, 9.17) is 9.47 Å². The molecule has 0 bridgehead atoms. The van der Waals surface area contributed by atoms with Gasteiger partial charge in [0.25, 0.3) is 5.91 Å². The number of ether oxygens (including phenoxy) is 2. The van der Waals surface area contributed by atoms with Gasteiger partial charge in [-0.2, -0.15) is 0 Å². The Bertz CT molecular complexity index is 1120. The van der Waals surface area contributed by atoms with E-state index >= 15 is 0 Å². The molecule has 0 heterocycles. The molecular formula is C25H24N2O5S. The Morgan fingerprint density at radius 2 is 1.33 bits per heavy atom. The highest BCUT2D eigenvalue weighted by molar-refractivity contribution is 8.00. The Balaban J connectivity index is 1.56. The SMILES string of the molecule is COc1cccc(OC)c1C(=O)Nc1ccc(SCC(=O)Nc2ccc(C(C)=O)cc2)cc1. The van der Waals surface area contributed by atoms with Gasteiger partial charge in [-0.25, -0.2) is 0 Å².